The maximum absolute atomic E-state index is 13.5. The molecule has 160 valence electrons. The lowest BCUT2D eigenvalue weighted by atomic mass is 10.00. The van der Waals surface area contributed by atoms with Crippen molar-refractivity contribution < 1.29 is 31.1 Å². The van der Waals surface area contributed by atoms with Crippen molar-refractivity contribution in [3.63, 3.8) is 0 Å². The van der Waals surface area contributed by atoms with Crippen LogP contribution in [0.25, 0.3) is 11.0 Å². The van der Waals surface area contributed by atoms with Gasteiger partial charge in [0.05, 0.1) is 11.3 Å². The molecule has 12 heteroatoms. The quantitative estimate of drug-likeness (QED) is 0.652. The Morgan fingerprint density at radius 3 is 2.62 bits per heavy atom. The molecule has 0 saturated carbocycles. The van der Waals surface area contributed by atoms with Crippen LogP contribution in [-0.4, -0.2) is 52.8 Å². The second kappa shape index (κ2) is 7.64. The maximum Gasteiger partial charge on any atom is 0.419 e. The van der Waals surface area contributed by atoms with Gasteiger partial charge in [0.25, 0.3) is 0 Å². The van der Waals surface area contributed by atoms with Crippen molar-refractivity contribution >= 4 is 22.8 Å². The van der Waals surface area contributed by atoms with Crippen molar-refractivity contribution in [1.29, 1.82) is 0 Å². The van der Waals surface area contributed by atoms with E-state index in [-0.39, 0.29) is 35.7 Å². The van der Waals surface area contributed by atoms with Crippen molar-refractivity contribution in [2.45, 2.75) is 31.7 Å². The number of amides is 2. The van der Waals surface area contributed by atoms with Gasteiger partial charge in [-0.15, -0.1) is 0 Å². The highest BCUT2D eigenvalue weighted by Gasteiger charge is 2.39. The zero-order chi connectivity index (χ0) is 21.4. The van der Waals surface area contributed by atoms with Crippen LogP contribution in [0.5, 0.6) is 0 Å². The van der Waals surface area contributed by atoms with E-state index in [1.54, 1.807) is 12.2 Å². The molecule has 0 radical (unpaired) electrons. The fourth-order valence-corrected chi connectivity index (χ4v) is 3.47. The molecule has 3 N–H and O–H groups in total. The fraction of sp³-hybridized carbons (Fsp3) is 0.529. The molecular weight excluding hydrogens is 404 g/mol. The van der Waals surface area contributed by atoms with Crippen LogP contribution in [0, 0.1) is 5.92 Å². The van der Waals surface area contributed by atoms with Crippen molar-refractivity contribution in [1.82, 2.24) is 20.2 Å². The summed E-state index contributed by atoms with van der Waals surface area (Å²) in [5.74, 6) is -0.227. The number of aromatic amines is 1. The van der Waals surface area contributed by atoms with Crippen molar-refractivity contribution in [2.75, 3.05) is 25.0 Å². The van der Waals surface area contributed by atoms with Gasteiger partial charge in [0.1, 0.15) is 12.2 Å². The van der Waals surface area contributed by atoms with Gasteiger partial charge in [-0.1, -0.05) is 6.92 Å². The lowest BCUT2D eigenvalue weighted by Crippen LogP contribution is -2.43. The molecule has 3 heterocycles. The number of H-pyrrole nitrogens is 1. The minimum Gasteiger partial charge on any atom is -0.379 e. The average molecular weight is 423 g/mol. The summed E-state index contributed by atoms with van der Waals surface area (Å²) < 4.78 is 77.4. The number of likely N-dealkylation sites (tertiary alicyclic amines) is 1. The van der Waals surface area contributed by atoms with Gasteiger partial charge >= 0.3 is 18.4 Å². The largest absolute Gasteiger partial charge is 0.419 e. The van der Waals surface area contributed by atoms with Crippen molar-refractivity contribution in [3.05, 3.63) is 24.0 Å². The molecule has 0 aliphatic carbocycles. The van der Waals surface area contributed by atoms with E-state index >= 15 is 0 Å². The summed E-state index contributed by atoms with van der Waals surface area (Å²) >= 11 is 0. The standard InChI is InChI=1S/C17H19F6N5O/c1-2-9-6-28(15(29)26-8-16(18,19)20)7-12(9)27-13-10-3-4-24-14(10)25-5-11(13)17(21,22)23/h3-5,9,12H,2,6-8H2,1H3,(H,26,29)(H2,24,25,27)/t9-,12+/m0/s1. The molecule has 1 fully saturated rings. The molecule has 29 heavy (non-hydrogen) atoms. The van der Waals surface area contributed by atoms with Gasteiger partial charge in [0.15, 0.2) is 0 Å². The van der Waals surface area contributed by atoms with Crippen LogP contribution in [0.3, 0.4) is 0 Å². The van der Waals surface area contributed by atoms with Crippen LogP contribution in [0.15, 0.2) is 18.5 Å². The predicted molar refractivity (Wildman–Crippen MR) is 93.3 cm³/mol. The molecule has 2 atom stereocenters. The van der Waals surface area contributed by atoms with Crippen LogP contribution in [-0.2, 0) is 6.18 Å². The van der Waals surface area contributed by atoms with Gasteiger partial charge in [0.2, 0.25) is 0 Å². The van der Waals surface area contributed by atoms with Gasteiger partial charge < -0.3 is 20.5 Å². The molecule has 2 amide bonds. The van der Waals surface area contributed by atoms with Gasteiger partial charge in [-0.25, -0.2) is 9.78 Å². The van der Waals surface area contributed by atoms with Gasteiger partial charge in [0, 0.05) is 36.9 Å². The molecule has 0 aromatic carbocycles. The first-order valence-corrected chi connectivity index (χ1v) is 8.89. The zero-order valence-corrected chi connectivity index (χ0v) is 15.3. The van der Waals surface area contributed by atoms with Crippen LogP contribution < -0.4 is 10.6 Å². The lowest BCUT2D eigenvalue weighted by Gasteiger charge is -2.23. The van der Waals surface area contributed by atoms with E-state index in [1.165, 1.54) is 17.2 Å². The Kier molecular flexibility index (Phi) is 5.54. The smallest absolute Gasteiger partial charge is 0.379 e. The second-order valence-electron chi connectivity index (χ2n) is 6.88. The summed E-state index contributed by atoms with van der Waals surface area (Å²) in [6.45, 7) is 0.456. The number of pyridine rings is 1. The van der Waals surface area contributed by atoms with E-state index in [9.17, 15) is 31.1 Å². The molecule has 6 nitrogen and oxygen atoms in total. The van der Waals surface area contributed by atoms with Crippen LogP contribution >= 0.6 is 0 Å². The highest BCUT2D eigenvalue weighted by molar-refractivity contribution is 5.91. The number of carbonyl (C=O) groups excluding carboxylic acids is 1. The average Bonchev–Trinajstić information content (AvgIpc) is 3.25. The molecule has 0 unspecified atom stereocenters. The van der Waals surface area contributed by atoms with Crippen LogP contribution in [0.2, 0.25) is 0 Å². The third kappa shape index (κ3) is 4.67. The topological polar surface area (TPSA) is 73.1 Å². The van der Waals surface area contributed by atoms with Crippen LogP contribution in [0.4, 0.5) is 36.8 Å². The Morgan fingerprint density at radius 1 is 1.28 bits per heavy atom. The van der Waals surface area contributed by atoms with Crippen molar-refractivity contribution in [2.24, 2.45) is 5.92 Å². The summed E-state index contributed by atoms with van der Waals surface area (Å²) in [7, 11) is 0. The Bertz CT molecular complexity index is 877. The number of nitrogens with zero attached hydrogens (tertiary/aromatic N) is 2. The van der Waals surface area contributed by atoms with E-state index < -0.39 is 36.5 Å². The molecule has 0 spiro atoms. The van der Waals surface area contributed by atoms with Gasteiger partial charge in [-0.2, -0.15) is 26.3 Å². The summed E-state index contributed by atoms with van der Waals surface area (Å²) in [5, 5.41) is 4.92. The Morgan fingerprint density at radius 2 is 2.00 bits per heavy atom. The third-order valence-electron chi connectivity index (χ3n) is 4.91. The summed E-state index contributed by atoms with van der Waals surface area (Å²) in [5.41, 5.74) is -0.838. The zero-order valence-electron chi connectivity index (χ0n) is 15.3. The number of urea groups is 1. The van der Waals surface area contributed by atoms with Crippen LogP contribution in [0.1, 0.15) is 18.9 Å². The summed E-state index contributed by atoms with van der Waals surface area (Å²) in [6.07, 6.45) is -6.47. The number of rotatable bonds is 4. The summed E-state index contributed by atoms with van der Waals surface area (Å²) in [4.78, 5) is 19.7. The number of nitrogens with one attached hydrogen (secondary N) is 3. The minimum absolute atomic E-state index is 0.0201. The number of alkyl halides is 6. The van der Waals surface area contributed by atoms with Gasteiger partial charge in [-0.3, -0.25) is 0 Å². The van der Waals surface area contributed by atoms with Gasteiger partial charge in [-0.05, 0) is 18.4 Å². The Labute approximate surface area is 161 Å². The molecule has 1 aliphatic heterocycles. The first-order valence-electron chi connectivity index (χ1n) is 8.89. The van der Waals surface area contributed by atoms with E-state index in [0.29, 0.717) is 6.42 Å². The predicted octanol–water partition coefficient (Wildman–Crippen LogP) is 3.98. The molecule has 1 saturated heterocycles. The molecule has 0 bridgehead atoms. The first-order chi connectivity index (χ1) is 13.5. The van der Waals surface area contributed by atoms with Crippen molar-refractivity contribution in [3.8, 4) is 0 Å². The molecule has 2 aromatic rings. The van der Waals surface area contributed by atoms with E-state index in [4.69, 9.17) is 0 Å². The highest BCUT2D eigenvalue weighted by atomic mass is 19.4. The second-order valence-corrected chi connectivity index (χ2v) is 6.88. The number of hydrogen-bond donors (Lipinski definition) is 3. The number of hydrogen-bond acceptors (Lipinski definition) is 3. The highest BCUT2D eigenvalue weighted by Crippen LogP contribution is 2.39. The normalized spacial score (nSPS) is 20.3. The van der Waals surface area contributed by atoms with E-state index in [2.05, 4.69) is 15.3 Å². The molecule has 2 aromatic heterocycles. The summed E-state index contributed by atoms with van der Waals surface area (Å²) in [6, 6.07) is 0.00440. The third-order valence-corrected chi connectivity index (χ3v) is 4.91. The molecule has 3 rings (SSSR count). The number of halogens is 6. The molecule has 1 aliphatic rings. The van der Waals surface area contributed by atoms with E-state index in [1.807, 2.05) is 0 Å². The monoisotopic (exact) mass is 423 g/mol. The lowest BCUT2D eigenvalue weighted by molar-refractivity contribution is -0.137. The number of fused-ring (bicyclic) bond motifs is 1. The fourth-order valence-electron chi connectivity index (χ4n) is 3.47. The first kappa shape index (κ1) is 21.1. The molecular formula is C17H19F6N5O. The van der Waals surface area contributed by atoms with E-state index in [0.717, 1.165) is 6.20 Å². The minimum atomic E-state index is -4.65. The Balaban J connectivity index is 1.82. The number of aromatic nitrogens is 2. The number of anilines is 1. The number of carbonyl (C=O) groups is 1. The maximum atomic E-state index is 13.5. The SMILES string of the molecule is CC[C@H]1CN(C(=O)NCC(F)(F)F)C[C@H]1Nc1c(C(F)(F)F)cnc2[nH]ccc12. The Hall–Kier alpha value is -2.66.